The Bertz CT molecular complexity index is 482. The third-order valence-corrected chi connectivity index (χ3v) is 2.54. The van der Waals surface area contributed by atoms with Gasteiger partial charge in [0.1, 0.15) is 11.9 Å². The highest BCUT2D eigenvalue weighted by atomic mass is 16.5. The summed E-state index contributed by atoms with van der Waals surface area (Å²) in [5, 5.41) is 0. The summed E-state index contributed by atoms with van der Waals surface area (Å²) in [6, 6.07) is 3.02. The minimum absolute atomic E-state index is 0.0174. The van der Waals surface area contributed by atoms with E-state index in [1.807, 2.05) is 6.92 Å². The summed E-state index contributed by atoms with van der Waals surface area (Å²) in [6.07, 6.45) is 0.632. The van der Waals surface area contributed by atoms with Crippen molar-refractivity contribution in [2.24, 2.45) is 11.5 Å². The molecule has 5 nitrogen and oxygen atoms in total. The van der Waals surface area contributed by atoms with Crippen molar-refractivity contribution < 1.29 is 14.3 Å². The largest absolute Gasteiger partial charge is 0.489 e. The molecule has 0 fully saturated rings. The van der Waals surface area contributed by atoms with Gasteiger partial charge in [-0.25, -0.2) is 0 Å². The summed E-state index contributed by atoms with van der Waals surface area (Å²) in [5.74, 6) is -0.719. The molecular formula is C11H12N2O3. The van der Waals surface area contributed by atoms with Gasteiger partial charge in [-0.2, -0.15) is 0 Å². The molecule has 1 heterocycles. The zero-order chi connectivity index (χ0) is 11.9. The normalized spacial score (nSPS) is 17.7. The van der Waals surface area contributed by atoms with Gasteiger partial charge in [0.05, 0.1) is 5.56 Å². The molecule has 5 heteroatoms. The molecule has 1 aromatic rings. The van der Waals surface area contributed by atoms with E-state index in [-0.39, 0.29) is 17.2 Å². The number of primary amides is 2. The first-order valence-electron chi connectivity index (χ1n) is 4.92. The van der Waals surface area contributed by atoms with Gasteiger partial charge in [0.25, 0.3) is 5.91 Å². The molecule has 2 rings (SSSR count). The lowest BCUT2D eigenvalue weighted by Gasteiger charge is -2.07. The Morgan fingerprint density at radius 1 is 1.31 bits per heavy atom. The van der Waals surface area contributed by atoms with Crippen molar-refractivity contribution in [3.63, 3.8) is 0 Å². The van der Waals surface area contributed by atoms with Crippen molar-refractivity contribution in [3.8, 4) is 5.75 Å². The Morgan fingerprint density at radius 3 is 2.56 bits per heavy atom. The van der Waals surface area contributed by atoms with Gasteiger partial charge in [-0.3, -0.25) is 9.59 Å². The quantitative estimate of drug-likeness (QED) is 0.745. The molecule has 1 aliphatic rings. The fourth-order valence-electron chi connectivity index (χ4n) is 1.86. The van der Waals surface area contributed by atoms with Crippen LogP contribution in [0.5, 0.6) is 5.75 Å². The van der Waals surface area contributed by atoms with E-state index < -0.39 is 11.8 Å². The van der Waals surface area contributed by atoms with Gasteiger partial charge in [0.15, 0.2) is 0 Å². The van der Waals surface area contributed by atoms with E-state index in [1.165, 1.54) is 6.07 Å². The van der Waals surface area contributed by atoms with Crippen molar-refractivity contribution in [3.05, 3.63) is 28.8 Å². The van der Waals surface area contributed by atoms with E-state index in [1.54, 1.807) is 6.07 Å². The molecule has 0 radical (unpaired) electrons. The van der Waals surface area contributed by atoms with Gasteiger partial charge in [0.2, 0.25) is 5.91 Å². The molecule has 0 saturated carbocycles. The molecule has 0 aromatic heterocycles. The summed E-state index contributed by atoms with van der Waals surface area (Å²) in [5.41, 5.74) is 11.7. The van der Waals surface area contributed by atoms with E-state index in [4.69, 9.17) is 16.2 Å². The van der Waals surface area contributed by atoms with Crippen LogP contribution in [0.4, 0.5) is 0 Å². The number of hydrogen-bond donors (Lipinski definition) is 2. The number of carbonyl (C=O) groups is 2. The van der Waals surface area contributed by atoms with Gasteiger partial charge in [-0.1, -0.05) is 0 Å². The highest BCUT2D eigenvalue weighted by Crippen LogP contribution is 2.33. The van der Waals surface area contributed by atoms with E-state index in [2.05, 4.69) is 0 Å². The Morgan fingerprint density at radius 2 is 2.00 bits per heavy atom. The zero-order valence-corrected chi connectivity index (χ0v) is 8.82. The standard InChI is InChI=1S/C11H12N2O3/c1-5-2-6-3-7(10(12)14)4-8(11(13)15)9(6)16-5/h3-5H,2H2,1H3,(H2,12,14)(H2,13,15). The summed E-state index contributed by atoms with van der Waals surface area (Å²) < 4.78 is 5.48. The molecule has 16 heavy (non-hydrogen) atoms. The maximum atomic E-state index is 11.2. The van der Waals surface area contributed by atoms with Crippen LogP contribution >= 0.6 is 0 Å². The molecule has 1 atom stereocenters. The first kappa shape index (κ1) is 10.5. The van der Waals surface area contributed by atoms with Crippen molar-refractivity contribution in [1.29, 1.82) is 0 Å². The highest BCUT2D eigenvalue weighted by molar-refractivity contribution is 6.01. The number of amides is 2. The number of rotatable bonds is 2. The minimum atomic E-state index is -0.617. The van der Waals surface area contributed by atoms with Crippen LogP contribution in [0.3, 0.4) is 0 Å². The predicted molar refractivity (Wildman–Crippen MR) is 57.3 cm³/mol. The number of ether oxygens (including phenoxy) is 1. The smallest absolute Gasteiger partial charge is 0.252 e. The molecule has 1 aliphatic heterocycles. The topological polar surface area (TPSA) is 95.4 Å². The summed E-state index contributed by atoms with van der Waals surface area (Å²) >= 11 is 0. The van der Waals surface area contributed by atoms with Crippen molar-refractivity contribution in [1.82, 2.24) is 0 Å². The van der Waals surface area contributed by atoms with Crippen LogP contribution in [-0.2, 0) is 6.42 Å². The maximum Gasteiger partial charge on any atom is 0.252 e. The lowest BCUT2D eigenvalue weighted by atomic mass is 10.0. The number of fused-ring (bicyclic) bond motifs is 1. The average molecular weight is 220 g/mol. The Kier molecular flexibility index (Phi) is 2.30. The van der Waals surface area contributed by atoms with Gasteiger partial charge in [-0.15, -0.1) is 0 Å². The molecule has 0 aliphatic carbocycles. The molecule has 0 spiro atoms. The maximum absolute atomic E-state index is 11.2. The number of nitrogens with two attached hydrogens (primary N) is 2. The first-order chi connectivity index (χ1) is 7.49. The highest BCUT2D eigenvalue weighted by Gasteiger charge is 2.25. The molecule has 1 unspecified atom stereocenters. The van der Waals surface area contributed by atoms with Gasteiger partial charge >= 0.3 is 0 Å². The predicted octanol–water partition coefficient (Wildman–Crippen LogP) is 0.208. The van der Waals surface area contributed by atoms with E-state index in [0.29, 0.717) is 12.2 Å². The lowest BCUT2D eigenvalue weighted by Crippen LogP contribution is -2.16. The second-order valence-electron chi connectivity index (χ2n) is 3.87. The fraction of sp³-hybridized carbons (Fsp3) is 0.273. The van der Waals surface area contributed by atoms with E-state index in [0.717, 1.165) is 5.56 Å². The van der Waals surface area contributed by atoms with E-state index in [9.17, 15) is 9.59 Å². The van der Waals surface area contributed by atoms with Gasteiger partial charge in [0, 0.05) is 12.0 Å². The minimum Gasteiger partial charge on any atom is -0.489 e. The fourth-order valence-corrected chi connectivity index (χ4v) is 1.86. The lowest BCUT2D eigenvalue weighted by molar-refractivity contribution is 0.0995. The molecule has 84 valence electrons. The Labute approximate surface area is 92.4 Å². The Balaban J connectivity index is 2.60. The van der Waals surface area contributed by atoms with Crippen molar-refractivity contribution >= 4 is 11.8 Å². The number of carbonyl (C=O) groups excluding carboxylic acids is 2. The molecule has 4 N–H and O–H groups in total. The molecule has 0 bridgehead atoms. The van der Waals surface area contributed by atoms with Crippen LogP contribution in [0.15, 0.2) is 12.1 Å². The zero-order valence-electron chi connectivity index (χ0n) is 8.82. The molecule has 0 saturated heterocycles. The van der Waals surface area contributed by atoms with Crippen molar-refractivity contribution in [2.45, 2.75) is 19.4 Å². The second-order valence-corrected chi connectivity index (χ2v) is 3.87. The molecule has 2 amide bonds. The summed E-state index contributed by atoms with van der Waals surface area (Å²) in [7, 11) is 0. The second kappa shape index (κ2) is 3.52. The van der Waals surface area contributed by atoms with Crippen molar-refractivity contribution in [2.75, 3.05) is 0 Å². The SMILES string of the molecule is CC1Cc2cc(C(N)=O)cc(C(N)=O)c2O1. The molecular weight excluding hydrogens is 208 g/mol. The van der Waals surface area contributed by atoms with Gasteiger partial charge in [-0.05, 0) is 24.6 Å². The number of hydrogen-bond acceptors (Lipinski definition) is 3. The van der Waals surface area contributed by atoms with Crippen LogP contribution in [0.25, 0.3) is 0 Å². The molecule has 1 aromatic carbocycles. The van der Waals surface area contributed by atoms with Crippen LogP contribution in [-0.4, -0.2) is 17.9 Å². The summed E-state index contributed by atoms with van der Waals surface area (Å²) in [4.78, 5) is 22.3. The van der Waals surface area contributed by atoms with Crippen LogP contribution < -0.4 is 16.2 Å². The average Bonchev–Trinajstić information content (AvgIpc) is 2.55. The monoisotopic (exact) mass is 220 g/mol. The number of benzene rings is 1. The van der Waals surface area contributed by atoms with Crippen LogP contribution in [0.2, 0.25) is 0 Å². The summed E-state index contributed by atoms with van der Waals surface area (Å²) in [6.45, 7) is 1.88. The first-order valence-corrected chi connectivity index (χ1v) is 4.92. The Hall–Kier alpha value is -2.04. The van der Waals surface area contributed by atoms with E-state index >= 15 is 0 Å². The third-order valence-electron chi connectivity index (χ3n) is 2.54. The van der Waals surface area contributed by atoms with Gasteiger partial charge < -0.3 is 16.2 Å². The van der Waals surface area contributed by atoms with Crippen LogP contribution in [0, 0.1) is 0 Å². The third kappa shape index (κ3) is 1.60. The van der Waals surface area contributed by atoms with Crippen LogP contribution in [0.1, 0.15) is 33.2 Å².